The summed E-state index contributed by atoms with van der Waals surface area (Å²) in [5.74, 6) is 3.38. The average molecular weight is 287 g/mol. The van der Waals surface area contributed by atoms with E-state index in [0.717, 1.165) is 40.1 Å². The fourth-order valence-electron chi connectivity index (χ4n) is 3.11. The quantitative estimate of drug-likeness (QED) is 0.366. The third kappa shape index (κ3) is 1.45. The van der Waals surface area contributed by atoms with Crippen molar-refractivity contribution in [3.05, 3.63) is 66.2 Å². The Balaban J connectivity index is 1.86. The number of nitrogens with zero attached hydrogens (tertiary/aromatic N) is 1. The van der Waals surface area contributed by atoms with Crippen molar-refractivity contribution in [1.82, 2.24) is 0 Å². The van der Waals surface area contributed by atoms with Gasteiger partial charge in [-0.2, -0.15) is 0 Å². The van der Waals surface area contributed by atoms with Gasteiger partial charge in [0, 0.05) is 0 Å². The van der Waals surface area contributed by atoms with Crippen molar-refractivity contribution < 1.29 is 9.47 Å². The molecule has 0 amide bonds. The van der Waals surface area contributed by atoms with Crippen LogP contribution in [0.5, 0.6) is 23.0 Å². The van der Waals surface area contributed by atoms with Gasteiger partial charge >= 0.3 is 0 Å². The molecule has 0 radical (unpaired) electrons. The number of hydrogen-bond donors (Lipinski definition) is 0. The van der Waals surface area contributed by atoms with E-state index in [-0.39, 0.29) is 0 Å². The minimum Gasteiger partial charge on any atom is -0.453 e. The average Bonchev–Trinajstić information content (AvgIpc) is 2.54. The van der Waals surface area contributed by atoms with Crippen LogP contribution in [0.4, 0.5) is 17.1 Å². The highest BCUT2D eigenvalue weighted by atomic mass is 16.5. The summed E-state index contributed by atoms with van der Waals surface area (Å²) in [6.45, 7) is 2.07. The molecule has 2 aliphatic heterocycles. The van der Waals surface area contributed by atoms with Crippen molar-refractivity contribution in [2.75, 3.05) is 4.90 Å². The zero-order valence-corrected chi connectivity index (χ0v) is 12.0. The van der Waals surface area contributed by atoms with Crippen LogP contribution in [0.25, 0.3) is 0 Å². The van der Waals surface area contributed by atoms with Gasteiger partial charge in [0.15, 0.2) is 23.0 Å². The Morgan fingerprint density at radius 2 is 1.36 bits per heavy atom. The van der Waals surface area contributed by atoms with E-state index >= 15 is 0 Å². The van der Waals surface area contributed by atoms with Crippen LogP contribution >= 0.6 is 0 Å². The standard InChI is InChI=1S/C19H13NO2/c1-12-9-10-14-18(11-12)22-17-8-4-7-16-19(17)20(14)13-5-2-3-6-15(13)21-16/h2-11H,1H3. The Morgan fingerprint density at radius 3 is 2.23 bits per heavy atom. The molecule has 0 fully saturated rings. The highest BCUT2D eigenvalue weighted by Crippen LogP contribution is 2.59. The topological polar surface area (TPSA) is 21.7 Å². The Bertz CT molecular complexity index is 917. The highest BCUT2D eigenvalue weighted by molar-refractivity contribution is 5.93. The number of para-hydroxylation sites is 3. The van der Waals surface area contributed by atoms with Crippen LogP contribution in [-0.2, 0) is 0 Å². The van der Waals surface area contributed by atoms with Crippen LogP contribution in [0.3, 0.4) is 0 Å². The summed E-state index contributed by atoms with van der Waals surface area (Å²) in [5, 5.41) is 0. The van der Waals surface area contributed by atoms with E-state index in [0.29, 0.717) is 0 Å². The number of ether oxygens (including phenoxy) is 2. The molecule has 0 aromatic heterocycles. The SMILES string of the molecule is Cc1ccc2c(c1)Oc1cccc3c1N2c1ccccc1O3. The van der Waals surface area contributed by atoms with E-state index in [9.17, 15) is 0 Å². The van der Waals surface area contributed by atoms with Gasteiger partial charge in [-0.05, 0) is 48.9 Å². The molecule has 106 valence electrons. The lowest BCUT2D eigenvalue weighted by molar-refractivity contribution is 0.445. The molecule has 2 aliphatic rings. The lowest BCUT2D eigenvalue weighted by atomic mass is 10.1. The van der Waals surface area contributed by atoms with Crippen LogP contribution in [0.1, 0.15) is 5.56 Å². The maximum atomic E-state index is 6.10. The smallest absolute Gasteiger partial charge is 0.155 e. The first-order chi connectivity index (χ1) is 10.8. The van der Waals surface area contributed by atoms with Gasteiger partial charge in [0.05, 0.1) is 11.4 Å². The van der Waals surface area contributed by atoms with Crippen LogP contribution in [0.15, 0.2) is 60.7 Å². The summed E-state index contributed by atoms with van der Waals surface area (Å²) in [5.41, 5.74) is 4.23. The van der Waals surface area contributed by atoms with E-state index in [1.165, 1.54) is 5.56 Å². The monoisotopic (exact) mass is 287 g/mol. The fraction of sp³-hybridized carbons (Fsp3) is 0.0526. The number of rotatable bonds is 0. The molecule has 3 heteroatoms. The molecule has 0 bridgehead atoms. The molecule has 0 unspecified atom stereocenters. The second kappa shape index (κ2) is 4.04. The van der Waals surface area contributed by atoms with Crippen LogP contribution in [-0.4, -0.2) is 0 Å². The maximum Gasteiger partial charge on any atom is 0.155 e. The van der Waals surface area contributed by atoms with Gasteiger partial charge in [0.1, 0.15) is 5.69 Å². The lowest BCUT2D eigenvalue weighted by Crippen LogP contribution is -2.20. The summed E-state index contributed by atoms with van der Waals surface area (Å²) in [4.78, 5) is 2.22. The van der Waals surface area contributed by atoms with Crippen molar-refractivity contribution in [3.63, 3.8) is 0 Å². The molecule has 22 heavy (non-hydrogen) atoms. The number of benzene rings is 3. The lowest BCUT2D eigenvalue weighted by Gasteiger charge is -2.37. The fourth-order valence-corrected chi connectivity index (χ4v) is 3.11. The third-order valence-electron chi connectivity index (χ3n) is 4.09. The molecule has 0 saturated carbocycles. The largest absolute Gasteiger partial charge is 0.453 e. The molecule has 3 nitrogen and oxygen atoms in total. The first-order valence-corrected chi connectivity index (χ1v) is 7.30. The van der Waals surface area contributed by atoms with Gasteiger partial charge in [0.25, 0.3) is 0 Å². The molecule has 3 aromatic carbocycles. The van der Waals surface area contributed by atoms with Gasteiger partial charge in [-0.1, -0.05) is 24.3 Å². The van der Waals surface area contributed by atoms with Gasteiger partial charge in [-0.15, -0.1) is 0 Å². The highest BCUT2D eigenvalue weighted by Gasteiger charge is 2.33. The van der Waals surface area contributed by atoms with Gasteiger partial charge < -0.3 is 9.47 Å². The second-order valence-electron chi connectivity index (χ2n) is 5.58. The zero-order valence-electron chi connectivity index (χ0n) is 12.0. The summed E-state index contributed by atoms with van der Waals surface area (Å²) < 4.78 is 12.1. The maximum absolute atomic E-state index is 6.10. The summed E-state index contributed by atoms with van der Waals surface area (Å²) >= 11 is 0. The molecule has 5 rings (SSSR count). The molecule has 0 atom stereocenters. The van der Waals surface area contributed by atoms with Crippen molar-refractivity contribution in [1.29, 1.82) is 0 Å². The Morgan fingerprint density at radius 1 is 0.682 bits per heavy atom. The number of fused-ring (bicyclic) bond motifs is 4. The molecule has 0 aliphatic carbocycles. The van der Waals surface area contributed by atoms with Crippen molar-refractivity contribution in [2.24, 2.45) is 0 Å². The van der Waals surface area contributed by atoms with E-state index < -0.39 is 0 Å². The minimum atomic E-state index is 0.822. The van der Waals surface area contributed by atoms with Crippen LogP contribution < -0.4 is 14.4 Å². The van der Waals surface area contributed by atoms with E-state index in [1.54, 1.807) is 0 Å². The van der Waals surface area contributed by atoms with Crippen molar-refractivity contribution in [3.8, 4) is 23.0 Å². The van der Waals surface area contributed by atoms with Crippen molar-refractivity contribution >= 4 is 17.1 Å². The molecular formula is C19H13NO2. The number of hydrogen-bond acceptors (Lipinski definition) is 3. The first kappa shape index (κ1) is 11.7. The van der Waals surface area contributed by atoms with Crippen LogP contribution in [0.2, 0.25) is 0 Å². The van der Waals surface area contributed by atoms with E-state index in [4.69, 9.17) is 9.47 Å². The molecule has 0 saturated heterocycles. The summed E-state index contributed by atoms with van der Waals surface area (Å²) in [7, 11) is 0. The molecule has 2 heterocycles. The molecule has 0 N–H and O–H groups in total. The van der Waals surface area contributed by atoms with Crippen LogP contribution in [0, 0.1) is 6.92 Å². The third-order valence-corrected chi connectivity index (χ3v) is 4.09. The Hall–Kier alpha value is -2.94. The number of anilines is 3. The van der Waals surface area contributed by atoms with Gasteiger partial charge in [0.2, 0.25) is 0 Å². The zero-order chi connectivity index (χ0) is 14.7. The van der Waals surface area contributed by atoms with Crippen molar-refractivity contribution in [2.45, 2.75) is 6.92 Å². The second-order valence-corrected chi connectivity index (χ2v) is 5.58. The Labute approximate surface area is 128 Å². The van der Waals surface area contributed by atoms with E-state index in [1.807, 2.05) is 36.4 Å². The number of aryl methyl sites for hydroxylation is 1. The van der Waals surface area contributed by atoms with Gasteiger partial charge in [-0.3, -0.25) is 4.90 Å². The summed E-state index contributed by atoms with van der Waals surface area (Å²) in [6.07, 6.45) is 0. The summed E-state index contributed by atoms with van der Waals surface area (Å²) in [6, 6.07) is 20.3. The minimum absolute atomic E-state index is 0.822. The van der Waals surface area contributed by atoms with E-state index in [2.05, 4.69) is 36.1 Å². The first-order valence-electron chi connectivity index (χ1n) is 7.30. The molecule has 0 spiro atoms. The van der Waals surface area contributed by atoms with Gasteiger partial charge in [-0.25, -0.2) is 0 Å². The predicted molar refractivity (Wildman–Crippen MR) is 86.0 cm³/mol. The molecular weight excluding hydrogens is 274 g/mol. The predicted octanol–water partition coefficient (Wildman–Crippen LogP) is 5.68. The normalized spacial score (nSPS) is 13.4. The molecule has 3 aromatic rings. The Kier molecular flexibility index (Phi) is 2.15.